The average Bonchev–Trinajstić information content (AvgIpc) is 2.38. The maximum absolute atomic E-state index is 11.4. The Morgan fingerprint density at radius 2 is 1.57 bits per heavy atom. The number of esters is 1. The molecular formula is C19H32O2. The standard InChI is InChI=1S/C19H32O2/c1-7-21-19(20)14-18(6)17(5)13-9-12-16(4)11-8-10-15(2)3/h10,13-14,16H,7-9,11-12H2,1-6H3. The third kappa shape index (κ3) is 11.1. The lowest BCUT2D eigenvalue weighted by Gasteiger charge is -2.09. The molecule has 0 heterocycles. The predicted octanol–water partition coefficient (Wildman–Crippen LogP) is 5.60. The van der Waals surface area contributed by atoms with Crippen LogP contribution in [0.5, 0.6) is 0 Å². The maximum atomic E-state index is 11.4. The molecule has 0 aliphatic heterocycles. The molecule has 0 N–H and O–H groups in total. The molecule has 0 bridgehead atoms. The van der Waals surface area contributed by atoms with Crippen LogP contribution in [0.1, 0.15) is 67.2 Å². The lowest BCUT2D eigenvalue weighted by molar-refractivity contribution is -0.137. The van der Waals surface area contributed by atoms with Crippen molar-refractivity contribution in [2.45, 2.75) is 67.2 Å². The molecule has 21 heavy (non-hydrogen) atoms. The van der Waals surface area contributed by atoms with Crippen LogP contribution < -0.4 is 0 Å². The highest BCUT2D eigenvalue weighted by molar-refractivity contribution is 5.83. The number of allylic oxidation sites excluding steroid dienone is 5. The van der Waals surface area contributed by atoms with Crippen molar-refractivity contribution in [3.05, 3.63) is 34.9 Å². The first-order chi connectivity index (χ1) is 9.86. The van der Waals surface area contributed by atoms with Crippen molar-refractivity contribution in [2.75, 3.05) is 6.61 Å². The molecule has 0 radical (unpaired) electrons. The Kier molecular flexibility index (Phi) is 10.7. The Labute approximate surface area is 131 Å². The van der Waals surface area contributed by atoms with E-state index in [1.165, 1.54) is 30.4 Å². The molecule has 0 fully saturated rings. The third-order valence-corrected chi connectivity index (χ3v) is 3.57. The molecule has 0 spiro atoms. The maximum Gasteiger partial charge on any atom is 0.331 e. The summed E-state index contributed by atoms with van der Waals surface area (Å²) in [4.78, 5) is 11.4. The van der Waals surface area contributed by atoms with Gasteiger partial charge in [-0.05, 0) is 71.8 Å². The molecule has 120 valence electrons. The average molecular weight is 292 g/mol. The van der Waals surface area contributed by atoms with E-state index in [2.05, 4.69) is 39.8 Å². The summed E-state index contributed by atoms with van der Waals surface area (Å²) in [5.41, 5.74) is 3.56. The molecule has 0 aromatic heterocycles. The lowest BCUT2D eigenvalue weighted by atomic mass is 9.97. The van der Waals surface area contributed by atoms with E-state index in [1.54, 1.807) is 6.08 Å². The predicted molar refractivity (Wildman–Crippen MR) is 91.2 cm³/mol. The highest BCUT2D eigenvalue weighted by atomic mass is 16.5. The topological polar surface area (TPSA) is 26.3 Å². The molecule has 0 aliphatic carbocycles. The number of hydrogen-bond donors (Lipinski definition) is 0. The first kappa shape index (κ1) is 19.7. The van der Waals surface area contributed by atoms with Gasteiger partial charge in [-0.15, -0.1) is 0 Å². The van der Waals surface area contributed by atoms with Gasteiger partial charge < -0.3 is 4.74 Å². The molecular weight excluding hydrogens is 260 g/mol. The van der Waals surface area contributed by atoms with E-state index in [9.17, 15) is 4.79 Å². The Bertz CT molecular complexity index is 396. The van der Waals surface area contributed by atoms with E-state index in [-0.39, 0.29) is 5.97 Å². The largest absolute Gasteiger partial charge is 0.463 e. The molecule has 1 unspecified atom stereocenters. The second kappa shape index (κ2) is 11.4. The summed E-state index contributed by atoms with van der Waals surface area (Å²) in [6, 6.07) is 0. The zero-order chi connectivity index (χ0) is 16.3. The van der Waals surface area contributed by atoms with Gasteiger partial charge in [0.2, 0.25) is 0 Å². The Hall–Kier alpha value is -1.31. The summed E-state index contributed by atoms with van der Waals surface area (Å²) in [7, 11) is 0. The van der Waals surface area contributed by atoms with Crippen molar-refractivity contribution in [1.82, 2.24) is 0 Å². The van der Waals surface area contributed by atoms with Crippen LogP contribution in [0.25, 0.3) is 0 Å². The van der Waals surface area contributed by atoms with Gasteiger partial charge in [-0.1, -0.05) is 30.2 Å². The van der Waals surface area contributed by atoms with Crippen molar-refractivity contribution in [3.63, 3.8) is 0 Å². The van der Waals surface area contributed by atoms with Crippen molar-refractivity contribution < 1.29 is 9.53 Å². The van der Waals surface area contributed by atoms with Crippen molar-refractivity contribution in [2.24, 2.45) is 5.92 Å². The van der Waals surface area contributed by atoms with Crippen LogP contribution in [0.4, 0.5) is 0 Å². The Balaban J connectivity index is 4.17. The zero-order valence-electron chi connectivity index (χ0n) is 14.7. The zero-order valence-corrected chi connectivity index (χ0v) is 14.7. The number of hydrogen-bond acceptors (Lipinski definition) is 2. The summed E-state index contributed by atoms with van der Waals surface area (Å²) in [5.74, 6) is 0.483. The van der Waals surface area contributed by atoms with Crippen molar-refractivity contribution >= 4 is 5.97 Å². The summed E-state index contributed by atoms with van der Waals surface area (Å²) < 4.78 is 4.92. The van der Waals surface area contributed by atoms with Gasteiger partial charge in [-0.3, -0.25) is 0 Å². The van der Waals surface area contributed by atoms with Crippen LogP contribution >= 0.6 is 0 Å². The first-order valence-electron chi connectivity index (χ1n) is 8.02. The van der Waals surface area contributed by atoms with Gasteiger partial charge in [0.25, 0.3) is 0 Å². The van der Waals surface area contributed by atoms with E-state index in [1.807, 2.05) is 13.8 Å². The van der Waals surface area contributed by atoms with Gasteiger partial charge in [0.05, 0.1) is 6.61 Å². The molecule has 0 saturated heterocycles. The second-order valence-electron chi connectivity index (χ2n) is 6.01. The molecule has 0 saturated carbocycles. The number of carbonyl (C=O) groups excluding carboxylic acids is 1. The minimum absolute atomic E-state index is 0.252. The van der Waals surface area contributed by atoms with Gasteiger partial charge in [0.15, 0.2) is 0 Å². The van der Waals surface area contributed by atoms with Crippen LogP contribution in [-0.4, -0.2) is 12.6 Å². The fourth-order valence-electron chi connectivity index (χ4n) is 2.02. The molecule has 0 aromatic rings. The molecule has 0 aromatic carbocycles. The van der Waals surface area contributed by atoms with Crippen LogP contribution in [0, 0.1) is 5.92 Å². The smallest absolute Gasteiger partial charge is 0.331 e. The van der Waals surface area contributed by atoms with E-state index in [0.717, 1.165) is 17.9 Å². The molecule has 0 rings (SSSR count). The summed E-state index contributed by atoms with van der Waals surface area (Å²) in [6.45, 7) is 12.9. The van der Waals surface area contributed by atoms with E-state index < -0.39 is 0 Å². The first-order valence-corrected chi connectivity index (χ1v) is 8.02. The van der Waals surface area contributed by atoms with E-state index in [0.29, 0.717) is 6.61 Å². The normalized spacial score (nSPS) is 13.8. The van der Waals surface area contributed by atoms with Crippen molar-refractivity contribution in [1.29, 1.82) is 0 Å². The molecule has 1 atom stereocenters. The molecule has 2 nitrogen and oxygen atoms in total. The van der Waals surface area contributed by atoms with E-state index >= 15 is 0 Å². The fourth-order valence-corrected chi connectivity index (χ4v) is 2.02. The number of rotatable bonds is 9. The summed E-state index contributed by atoms with van der Waals surface area (Å²) >= 11 is 0. The van der Waals surface area contributed by atoms with Crippen LogP contribution in [-0.2, 0) is 9.53 Å². The summed E-state index contributed by atoms with van der Waals surface area (Å²) in [6.07, 6.45) is 10.8. The number of ether oxygens (including phenoxy) is 1. The van der Waals surface area contributed by atoms with Crippen molar-refractivity contribution in [3.8, 4) is 0 Å². The summed E-state index contributed by atoms with van der Waals surface area (Å²) in [5, 5.41) is 0. The molecule has 0 amide bonds. The highest BCUT2D eigenvalue weighted by Crippen LogP contribution is 2.16. The van der Waals surface area contributed by atoms with Gasteiger partial charge in [0.1, 0.15) is 0 Å². The third-order valence-electron chi connectivity index (χ3n) is 3.57. The van der Waals surface area contributed by atoms with Crippen LogP contribution in [0.2, 0.25) is 0 Å². The fraction of sp³-hybridized carbons (Fsp3) is 0.632. The highest BCUT2D eigenvalue weighted by Gasteiger charge is 2.02. The van der Waals surface area contributed by atoms with Gasteiger partial charge in [-0.2, -0.15) is 0 Å². The minimum Gasteiger partial charge on any atom is -0.463 e. The monoisotopic (exact) mass is 292 g/mol. The second-order valence-corrected chi connectivity index (χ2v) is 6.01. The van der Waals surface area contributed by atoms with Crippen LogP contribution in [0.15, 0.2) is 34.9 Å². The van der Waals surface area contributed by atoms with E-state index in [4.69, 9.17) is 4.74 Å². The quantitative estimate of drug-likeness (QED) is 0.239. The van der Waals surface area contributed by atoms with Gasteiger partial charge in [-0.25, -0.2) is 4.79 Å². The number of carbonyl (C=O) groups is 1. The molecule has 2 heteroatoms. The molecule has 0 aliphatic rings. The minimum atomic E-state index is -0.252. The Morgan fingerprint density at radius 1 is 1.00 bits per heavy atom. The Morgan fingerprint density at radius 3 is 2.10 bits per heavy atom. The lowest BCUT2D eigenvalue weighted by Crippen LogP contribution is -2.00. The SMILES string of the molecule is CCOC(=O)C=C(C)C(C)=CCCC(C)CCC=C(C)C. The van der Waals surface area contributed by atoms with Gasteiger partial charge >= 0.3 is 5.97 Å². The van der Waals surface area contributed by atoms with Crippen LogP contribution in [0.3, 0.4) is 0 Å². The van der Waals surface area contributed by atoms with Gasteiger partial charge in [0, 0.05) is 6.08 Å².